The number of aliphatic carboxylic acids is 1. The van der Waals surface area contributed by atoms with Crippen molar-refractivity contribution >= 4 is 21.9 Å². The van der Waals surface area contributed by atoms with Crippen molar-refractivity contribution in [2.45, 2.75) is 31.8 Å². The van der Waals surface area contributed by atoms with Crippen LogP contribution in [0.1, 0.15) is 19.8 Å². The van der Waals surface area contributed by atoms with E-state index in [1.165, 1.54) is 0 Å². The van der Waals surface area contributed by atoms with Crippen LogP contribution in [0.25, 0.3) is 0 Å². The first kappa shape index (κ1) is 14.3. The minimum absolute atomic E-state index is 0.411. The summed E-state index contributed by atoms with van der Waals surface area (Å²) < 4.78 is 6.61. The van der Waals surface area contributed by atoms with Gasteiger partial charge in [-0.1, -0.05) is 12.1 Å². The fourth-order valence-electron chi connectivity index (χ4n) is 2.06. The number of halogens is 1. The van der Waals surface area contributed by atoms with Crippen LogP contribution in [0.4, 0.5) is 0 Å². The van der Waals surface area contributed by atoms with Crippen LogP contribution in [0.3, 0.4) is 0 Å². The van der Waals surface area contributed by atoms with Gasteiger partial charge in [-0.15, -0.1) is 0 Å². The van der Waals surface area contributed by atoms with Crippen molar-refractivity contribution in [2.75, 3.05) is 13.2 Å². The number of carbonyl (C=O) groups is 1. The van der Waals surface area contributed by atoms with E-state index in [0.29, 0.717) is 19.2 Å². The molecule has 19 heavy (non-hydrogen) atoms. The molecule has 0 aromatic heterocycles. The highest BCUT2D eigenvalue weighted by atomic mass is 79.9. The predicted molar refractivity (Wildman–Crippen MR) is 76.5 cm³/mol. The maximum absolute atomic E-state index is 11.1. The van der Waals surface area contributed by atoms with E-state index in [4.69, 9.17) is 9.84 Å². The average Bonchev–Trinajstić information content (AvgIpc) is 3.20. The Morgan fingerprint density at radius 1 is 1.53 bits per heavy atom. The lowest BCUT2D eigenvalue weighted by atomic mass is 10.2. The quantitative estimate of drug-likeness (QED) is 0.836. The number of hydrogen-bond donors (Lipinski definition) is 1. The van der Waals surface area contributed by atoms with Gasteiger partial charge in [0.25, 0.3) is 0 Å². The van der Waals surface area contributed by atoms with Crippen LogP contribution in [0, 0.1) is 0 Å². The Morgan fingerprint density at radius 2 is 2.21 bits per heavy atom. The Bertz CT molecular complexity index is 448. The lowest BCUT2D eigenvalue weighted by molar-refractivity contribution is -0.143. The van der Waals surface area contributed by atoms with E-state index in [9.17, 15) is 4.79 Å². The summed E-state index contributed by atoms with van der Waals surface area (Å²) in [6.07, 6.45) is 2.18. The molecule has 1 unspecified atom stereocenters. The van der Waals surface area contributed by atoms with Gasteiger partial charge in [0.15, 0.2) is 0 Å². The molecule has 2 rings (SSSR count). The van der Waals surface area contributed by atoms with E-state index in [1.807, 2.05) is 29.2 Å². The standard InChI is InChI=1S/C14H18BrNO3/c1-10(14(17)18)16(11-6-7-11)8-9-19-13-5-3-2-4-12(13)15/h2-5,10-11H,6-9H2,1H3,(H,17,18). The van der Waals surface area contributed by atoms with Crippen molar-refractivity contribution in [2.24, 2.45) is 0 Å². The Labute approximate surface area is 121 Å². The summed E-state index contributed by atoms with van der Waals surface area (Å²) >= 11 is 3.42. The van der Waals surface area contributed by atoms with Gasteiger partial charge in [-0.05, 0) is 47.8 Å². The van der Waals surface area contributed by atoms with E-state index in [2.05, 4.69) is 15.9 Å². The van der Waals surface area contributed by atoms with Crippen molar-refractivity contribution in [3.05, 3.63) is 28.7 Å². The topological polar surface area (TPSA) is 49.8 Å². The van der Waals surface area contributed by atoms with Crippen LogP contribution in [-0.2, 0) is 4.79 Å². The van der Waals surface area contributed by atoms with Crippen molar-refractivity contribution in [1.82, 2.24) is 4.90 Å². The van der Waals surface area contributed by atoms with Crippen LogP contribution in [-0.4, -0.2) is 41.2 Å². The molecule has 1 saturated carbocycles. The molecule has 1 aromatic rings. The molecule has 0 spiro atoms. The van der Waals surface area contributed by atoms with Gasteiger partial charge in [-0.3, -0.25) is 9.69 Å². The minimum Gasteiger partial charge on any atom is -0.491 e. The van der Waals surface area contributed by atoms with Crippen LogP contribution in [0.5, 0.6) is 5.75 Å². The summed E-state index contributed by atoms with van der Waals surface area (Å²) in [5.74, 6) is 0.0222. The Morgan fingerprint density at radius 3 is 2.79 bits per heavy atom. The fraction of sp³-hybridized carbons (Fsp3) is 0.500. The lowest BCUT2D eigenvalue weighted by Gasteiger charge is -2.26. The zero-order valence-electron chi connectivity index (χ0n) is 10.9. The summed E-state index contributed by atoms with van der Waals surface area (Å²) in [5.41, 5.74) is 0. The molecule has 1 N–H and O–H groups in total. The van der Waals surface area contributed by atoms with E-state index in [-0.39, 0.29) is 0 Å². The second kappa shape index (κ2) is 6.39. The zero-order chi connectivity index (χ0) is 13.8. The van der Waals surface area contributed by atoms with Gasteiger partial charge in [0.05, 0.1) is 4.47 Å². The molecule has 1 aliphatic carbocycles. The largest absolute Gasteiger partial charge is 0.491 e. The van der Waals surface area contributed by atoms with Gasteiger partial charge < -0.3 is 9.84 Å². The molecule has 0 heterocycles. The minimum atomic E-state index is -0.771. The molecule has 0 aliphatic heterocycles. The first-order valence-electron chi connectivity index (χ1n) is 6.45. The molecular formula is C14H18BrNO3. The summed E-state index contributed by atoms with van der Waals surface area (Å²) in [5, 5.41) is 9.10. The molecule has 1 atom stereocenters. The first-order valence-corrected chi connectivity index (χ1v) is 7.25. The van der Waals surface area contributed by atoms with Crippen molar-refractivity contribution in [3.8, 4) is 5.75 Å². The molecule has 104 valence electrons. The van der Waals surface area contributed by atoms with Gasteiger partial charge in [-0.25, -0.2) is 0 Å². The predicted octanol–water partition coefficient (Wildman–Crippen LogP) is 2.77. The molecule has 1 aliphatic rings. The molecule has 0 radical (unpaired) electrons. The summed E-state index contributed by atoms with van der Waals surface area (Å²) in [4.78, 5) is 13.1. The van der Waals surface area contributed by atoms with Crippen LogP contribution < -0.4 is 4.74 Å². The van der Waals surface area contributed by atoms with E-state index >= 15 is 0 Å². The molecule has 5 heteroatoms. The number of carboxylic acids is 1. The summed E-state index contributed by atoms with van der Waals surface area (Å²) in [7, 11) is 0. The highest BCUT2D eigenvalue weighted by molar-refractivity contribution is 9.10. The molecule has 0 bridgehead atoms. The summed E-state index contributed by atoms with van der Waals surface area (Å²) in [6.45, 7) is 2.87. The third kappa shape index (κ3) is 3.94. The highest BCUT2D eigenvalue weighted by Crippen LogP contribution is 2.29. The second-order valence-corrected chi connectivity index (χ2v) is 5.62. The van der Waals surface area contributed by atoms with E-state index < -0.39 is 12.0 Å². The zero-order valence-corrected chi connectivity index (χ0v) is 12.5. The SMILES string of the molecule is CC(C(=O)O)N(CCOc1ccccc1Br)C1CC1. The third-order valence-electron chi connectivity index (χ3n) is 3.31. The molecule has 1 fully saturated rings. The Kier molecular flexibility index (Phi) is 4.82. The second-order valence-electron chi connectivity index (χ2n) is 4.76. The Balaban J connectivity index is 1.86. The maximum atomic E-state index is 11.1. The molecule has 1 aromatic carbocycles. The van der Waals surface area contributed by atoms with E-state index in [1.54, 1.807) is 6.92 Å². The van der Waals surface area contributed by atoms with Crippen molar-refractivity contribution in [1.29, 1.82) is 0 Å². The number of benzene rings is 1. The number of ether oxygens (including phenoxy) is 1. The average molecular weight is 328 g/mol. The van der Waals surface area contributed by atoms with Crippen molar-refractivity contribution < 1.29 is 14.6 Å². The third-order valence-corrected chi connectivity index (χ3v) is 3.97. The fourth-order valence-corrected chi connectivity index (χ4v) is 2.46. The monoisotopic (exact) mass is 327 g/mol. The number of rotatable bonds is 7. The normalized spacial score (nSPS) is 16.4. The number of carboxylic acid groups (broad SMARTS) is 1. The van der Waals surface area contributed by atoms with Gasteiger partial charge in [0.1, 0.15) is 18.4 Å². The Hall–Kier alpha value is -1.07. The molecule has 0 amide bonds. The summed E-state index contributed by atoms with van der Waals surface area (Å²) in [6, 6.07) is 7.63. The highest BCUT2D eigenvalue weighted by Gasteiger charge is 2.34. The smallest absolute Gasteiger partial charge is 0.320 e. The molecular weight excluding hydrogens is 310 g/mol. The van der Waals surface area contributed by atoms with Gasteiger partial charge >= 0.3 is 5.97 Å². The number of hydrogen-bond acceptors (Lipinski definition) is 3. The van der Waals surface area contributed by atoms with E-state index in [0.717, 1.165) is 23.1 Å². The maximum Gasteiger partial charge on any atom is 0.320 e. The van der Waals surface area contributed by atoms with Gasteiger partial charge in [0.2, 0.25) is 0 Å². The van der Waals surface area contributed by atoms with Crippen LogP contribution >= 0.6 is 15.9 Å². The number of para-hydroxylation sites is 1. The molecule has 4 nitrogen and oxygen atoms in total. The lowest BCUT2D eigenvalue weighted by Crippen LogP contribution is -2.42. The van der Waals surface area contributed by atoms with Crippen LogP contribution in [0.2, 0.25) is 0 Å². The van der Waals surface area contributed by atoms with Gasteiger partial charge in [-0.2, -0.15) is 0 Å². The van der Waals surface area contributed by atoms with Crippen molar-refractivity contribution in [3.63, 3.8) is 0 Å². The van der Waals surface area contributed by atoms with Gasteiger partial charge in [0, 0.05) is 12.6 Å². The molecule has 0 saturated heterocycles. The number of nitrogens with zero attached hydrogens (tertiary/aromatic N) is 1. The first-order chi connectivity index (χ1) is 9.09. The van der Waals surface area contributed by atoms with Crippen LogP contribution in [0.15, 0.2) is 28.7 Å².